The Kier molecular flexibility index (Phi) is 7.26. The van der Waals surface area contributed by atoms with Crippen LogP contribution < -0.4 is 5.32 Å². The van der Waals surface area contributed by atoms with Gasteiger partial charge in [0.1, 0.15) is 0 Å². The lowest BCUT2D eigenvalue weighted by atomic mass is 9.87. The fourth-order valence-corrected chi connectivity index (χ4v) is 2.70. The van der Waals surface area contributed by atoms with E-state index in [0.717, 1.165) is 17.7 Å². The van der Waals surface area contributed by atoms with Gasteiger partial charge in [0.2, 0.25) is 5.91 Å². The van der Waals surface area contributed by atoms with Crippen LogP contribution in [0.5, 0.6) is 0 Å². The maximum atomic E-state index is 11.8. The van der Waals surface area contributed by atoms with Crippen molar-refractivity contribution in [3.05, 3.63) is 29.8 Å². The van der Waals surface area contributed by atoms with E-state index in [-0.39, 0.29) is 24.0 Å². The number of hydrogen-bond donors (Lipinski definition) is 2. The maximum Gasteiger partial charge on any atom is 0.230 e. The molecule has 1 unspecified atom stereocenters. The van der Waals surface area contributed by atoms with Gasteiger partial charge in [-0.2, -0.15) is 0 Å². The number of aliphatic hydroxyl groups is 1. The summed E-state index contributed by atoms with van der Waals surface area (Å²) in [4.78, 5) is 12.9. The molecule has 1 amide bonds. The molecule has 0 radical (unpaired) electrons. The molecule has 0 aliphatic rings. The number of amides is 1. The van der Waals surface area contributed by atoms with Gasteiger partial charge in [0, 0.05) is 17.5 Å². The number of benzene rings is 1. The van der Waals surface area contributed by atoms with Crippen LogP contribution in [-0.2, 0) is 10.2 Å². The van der Waals surface area contributed by atoms with E-state index in [1.807, 2.05) is 6.92 Å². The molecule has 0 aliphatic heterocycles. The Morgan fingerprint density at radius 2 is 1.90 bits per heavy atom. The van der Waals surface area contributed by atoms with Crippen molar-refractivity contribution in [3.63, 3.8) is 0 Å². The molecule has 1 aromatic carbocycles. The molecule has 0 aliphatic carbocycles. The summed E-state index contributed by atoms with van der Waals surface area (Å²) in [6.45, 7) is 8.72. The highest BCUT2D eigenvalue weighted by molar-refractivity contribution is 8.00. The first kappa shape index (κ1) is 18.1. The van der Waals surface area contributed by atoms with Crippen LogP contribution in [0.1, 0.15) is 46.1 Å². The monoisotopic (exact) mass is 309 g/mol. The van der Waals surface area contributed by atoms with Crippen molar-refractivity contribution in [1.29, 1.82) is 0 Å². The van der Waals surface area contributed by atoms with Crippen molar-refractivity contribution in [2.75, 3.05) is 12.4 Å². The fraction of sp³-hybridized carbons (Fsp3) is 0.588. The van der Waals surface area contributed by atoms with Crippen LogP contribution in [0.15, 0.2) is 29.2 Å². The molecule has 2 N–H and O–H groups in total. The lowest BCUT2D eigenvalue weighted by Gasteiger charge is -2.19. The molecule has 0 bridgehead atoms. The summed E-state index contributed by atoms with van der Waals surface area (Å²) in [6.07, 6.45) is 1.54. The first-order valence-corrected chi connectivity index (χ1v) is 8.45. The number of carbonyl (C=O) groups excluding carboxylic acids is 1. The molecule has 1 rings (SSSR count). The average molecular weight is 309 g/mol. The van der Waals surface area contributed by atoms with E-state index in [1.54, 1.807) is 11.8 Å². The standard InChI is InChI=1S/C17H27NO2S/c1-13(6-5-11-19)18-16(20)12-21-15-9-7-14(8-10-15)17(2,3)4/h7-10,13,19H,5-6,11-12H2,1-4H3,(H,18,20). The highest BCUT2D eigenvalue weighted by Gasteiger charge is 2.13. The van der Waals surface area contributed by atoms with E-state index >= 15 is 0 Å². The fourth-order valence-electron chi connectivity index (χ4n) is 1.99. The zero-order valence-corrected chi connectivity index (χ0v) is 14.3. The van der Waals surface area contributed by atoms with Gasteiger partial charge >= 0.3 is 0 Å². The van der Waals surface area contributed by atoms with Gasteiger partial charge in [-0.05, 0) is 42.9 Å². The van der Waals surface area contributed by atoms with Crippen LogP contribution >= 0.6 is 11.8 Å². The molecule has 0 aromatic heterocycles. The Bertz CT molecular complexity index is 437. The van der Waals surface area contributed by atoms with Crippen LogP contribution in [0, 0.1) is 0 Å². The SMILES string of the molecule is CC(CCCO)NC(=O)CSc1ccc(C(C)(C)C)cc1. The van der Waals surface area contributed by atoms with Gasteiger partial charge < -0.3 is 10.4 Å². The molecule has 4 heteroatoms. The van der Waals surface area contributed by atoms with Crippen LogP contribution in [0.4, 0.5) is 0 Å². The minimum atomic E-state index is 0.0466. The average Bonchev–Trinajstić information content (AvgIpc) is 2.42. The molecule has 1 aromatic rings. The molecule has 0 saturated heterocycles. The Labute approximate surface area is 132 Å². The van der Waals surface area contributed by atoms with Crippen molar-refractivity contribution in [2.24, 2.45) is 0 Å². The smallest absolute Gasteiger partial charge is 0.230 e. The summed E-state index contributed by atoms with van der Waals surface area (Å²) in [5, 5.41) is 11.7. The lowest BCUT2D eigenvalue weighted by Crippen LogP contribution is -2.33. The zero-order chi connectivity index (χ0) is 15.9. The Morgan fingerprint density at radius 3 is 2.43 bits per heavy atom. The number of carbonyl (C=O) groups is 1. The van der Waals surface area contributed by atoms with Crippen LogP contribution in [-0.4, -0.2) is 29.4 Å². The second kappa shape index (κ2) is 8.44. The molecule has 0 fully saturated rings. The number of thioether (sulfide) groups is 1. The molecule has 3 nitrogen and oxygen atoms in total. The molecule has 21 heavy (non-hydrogen) atoms. The van der Waals surface area contributed by atoms with Gasteiger partial charge in [-0.25, -0.2) is 0 Å². The predicted octanol–water partition coefficient (Wildman–Crippen LogP) is 3.35. The lowest BCUT2D eigenvalue weighted by molar-refractivity contribution is -0.119. The minimum absolute atomic E-state index is 0.0466. The summed E-state index contributed by atoms with van der Waals surface area (Å²) in [5.41, 5.74) is 1.46. The molecular weight excluding hydrogens is 282 g/mol. The van der Waals surface area contributed by atoms with Crippen molar-refractivity contribution in [3.8, 4) is 0 Å². The van der Waals surface area contributed by atoms with Crippen LogP contribution in [0.3, 0.4) is 0 Å². The number of nitrogens with one attached hydrogen (secondary N) is 1. The van der Waals surface area contributed by atoms with Crippen molar-refractivity contribution in [2.45, 2.75) is 56.9 Å². The second-order valence-electron chi connectivity index (χ2n) is 6.40. The molecule has 1 atom stereocenters. The van der Waals surface area contributed by atoms with E-state index in [4.69, 9.17) is 5.11 Å². The second-order valence-corrected chi connectivity index (χ2v) is 7.45. The highest BCUT2D eigenvalue weighted by Crippen LogP contribution is 2.25. The molecule has 0 spiro atoms. The quantitative estimate of drug-likeness (QED) is 0.759. The number of aliphatic hydroxyl groups excluding tert-OH is 1. The Morgan fingerprint density at radius 1 is 1.29 bits per heavy atom. The largest absolute Gasteiger partial charge is 0.396 e. The Balaban J connectivity index is 2.39. The maximum absolute atomic E-state index is 11.8. The van der Waals surface area contributed by atoms with Crippen molar-refractivity contribution < 1.29 is 9.90 Å². The van der Waals surface area contributed by atoms with Gasteiger partial charge in [-0.15, -0.1) is 11.8 Å². The molecule has 0 heterocycles. The topological polar surface area (TPSA) is 49.3 Å². The third-order valence-electron chi connectivity index (χ3n) is 3.29. The van der Waals surface area contributed by atoms with Crippen molar-refractivity contribution >= 4 is 17.7 Å². The first-order chi connectivity index (χ1) is 9.82. The van der Waals surface area contributed by atoms with Crippen LogP contribution in [0.2, 0.25) is 0 Å². The summed E-state index contributed by atoms with van der Waals surface area (Å²) >= 11 is 1.55. The Hall–Kier alpha value is -1.00. The predicted molar refractivity (Wildman–Crippen MR) is 89.8 cm³/mol. The molecule has 0 saturated carbocycles. The molecule has 118 valence electrons. The van der Waals surface area contributed by atoms with E-state index in [2.05, 4.69) is 50.4 Å². The van der Waals surface area contributed by atoms with Gasteiger partial charge in [-0.3, -0.25) is 4.79 Å². The van der Waals surface area contributed by atoms with Crippen LogP contribution in [0.25, 0.3) is 0 Å². The summed E-state index contributed by atoms with van der Waals surface area (Å²) in [7, 11) is 0. The van der Waals surface area contributed by atoms with Crippen molar-refractivity contribution in [1.82, 2.24) is 5.32 Å². The summed E-state index contributed by atoms with van der Waals surface area (Å²) < 4.78 is 0. The zero-order valence-electron chi connectivity index (χ0n) is 13.5. The van der Waals surface area contributed by atoms with Gasteiger partial charge in [0.05, 0.1) is 5.75 Å². The van der Waals surface area contributed by atoms with E-state index in [1.165, 1.54) is 5.56 Å². The number of hydrogen-bond acceptors (Lipinski definition) is 3. The van der Waals surface area contributed by atoms with E-state index in [0.29, 0.717) is 5.75 Å². The third kappa shape index (κ3) is 7.00. The van der Waals surface area contributed by atoms with Gasteiger partial charge in [-0.1, -0.05) is 32.9 Å². The van der Waals surface area contributed by atoms with E-state index < -0.39 is 0 Å². The highest BCUT2D eigenvalue weighted by atomic mass is 32.2. The number of rotatable bonds is 7. The molecular formula is C17H27NO2S. The minimum Gasteiger partial charge on any atom is -0.396 e. The van der Waals surface area contributed by atoms with Gasteiger partial charge in [0.25, 0.3) is 0 Å². The first-order valence-electron chi connectivity index (χ1n) is 7.46. The van der Waals surface area contributed by atoms with Gasteiger partial charge in [0.15, 0.2) is 0 Å². The summed E-state index contributed by atoms with van der Waals surface area (Å²) in [6, 6.07) is 8.53. The third-order valence-corrected chi connectivity index (χ3v) is 4.30. The normalized spacial score (nSPS) is 13.0. The van der Waals surface area contributed by atoms with E-state index in [9.17, 15) is 4.79 Å². The summed E-state index contributed by atoms with van der Waals surface area (Å²) in [5.74, 6) is 0.476.